The Hall–Kier alpha value is -3.49. The molecule has 29 heavy (non-hydrogen) atoms. The van der Waals surface area contributed by atoms with Gasteiger partial charge in [-0.05, 0) is 49.2 Å². The second kappa shape index (κ2) is 9.63. The number of amides is 2. The van der Waals surface area contributed by atoms with E-state index in [1.165, 1.54) is 6.07 Å². The topological polar surface area (TPSA) is 111 Å². The molecule has 2 N–H and O–H groups in total. The Bertz CT molecular complexity index is 899. The summed E-state index contributed by atoms with van der Waals surface area (Å²) in [6, 6.07) is 8.61. The molecule has 2 aromatic carbocycles. The fourth-order valence-electron chi connectivity index (χ4n) is 2.58. The van der Waals surface area contributed by atoms with Gasteiger partial charge in [0.05, 0.1) is 11.5 Å². The van der Waals surface area contributed by atoms with E-state index in [0.29, 0.717) is 17.9 Å². The molecule has 0 aliphatic rings. The quantitative estimate of drug-likeness (QED) is 0.517. The Labute approximate surface area is 167 Å². The van der Waals surface area contributed by atoms with Gasteiger partial charge in [-0.3, -0.25) is 19.7 Å². The number of carbonyl (C=O) groups is 2. The zero-order valence-corrected chi connectivity index (χ0v) is 16.3. The predicted octanol–water partition coefficient (Wildman–Crippen LogP) is 3.53. The molecule has 0 bridgehead atoms. The Balaban J connectivity index is 2.12. The lowest BCUT2D eigenvalue weighted by Crippen LogP contribution is -2.47. The van der Waals surface area contributed by atoms with Crippen LogP contribution in [0.5, 0.6) is 5.75 Å². The lowest BCUT2D eigenvalue weighted by molar-refractivity contribution is -0.387. The van der Waals surface area contributed by atoms with E-state index in [1.807, 2.05) is 6.92 Å². The Morgan fingerprint density at radius 2 is 1.83 bits per heavy atom. The molecule has 0 aromatic heterocycles. The standard InChI is InChI=1S/C20H22FN3O5/c1-4-29-15-8-5-13(6-9-15)19(25)23-18(12(2)3)20(26)22-14-7-10-16(21)17(11-14)24(27)28/h5-12,18H,4H2,1-3H3,(H,22,26)(H,23,25). The minimum Gasteiger partial charge on any atom is -0.494 e. The van der Waals surface area contributed by atoms with Crippen LogP contribution in [0.25, 0.3) is 0 Å². The van der Waals surface area contributed by atoms with Crippen molar-refractivity contribution >= 4 is 23.2 Å². The number of nitro benzene ring substituents is 1. The largest absolute Gasteiger partial charge is 0.494 e. The highest BCUT2D eigenvalue weighted by molar-refractivity contribution is 6.01. The van der Waals surface area contributed by atoms with E-state index < -0.39 is 34.3 Å². The third kappa shape index (κ3) is 5.74. The van der Waals surface area contributed by atoms with Crippen LogP contribution in [0.4, 0.5) is 15.8 Å². The van der Waals surface area contributed by atoms with Crippen LogP contribution in [0.15, 0.2) is 42.5 Å². The molecule has 0 spiro atoms. The summed E-state index contributed by atoms with van der Waals surface area (Å²) in [6.45, 7) is 5.84. The molecule has 154 valence electrons. The van der Waals surface area contributed by atoms with Crippen LogP contribution < -0.4 is 15.4 Å². The average Bonchev–Trinajstić information content (AvgIpc) is 2.67. The summed E-state index contributed by atoms with van der Waals surface area (Å²) >= 11 is 0. The number of benzene rings is 2. The van der Waals surface area contributed by atoms with Gasteiger partial charge in [-0.1, -0.05) is 13.8 Å². The summed E-state index contributed by atoms with van der Waals surface area (Å²) in [5, 5.41) is 16.0. The molecule has 2 aromatic rings. The monoisotopic (exact) mass is 403 g/mol. The number of nitro groups is 1. The molecule has 9 heteroatoms. The van der Waals surface area contributed by atoms with Gasteiger partial charge in [0.1, 0.15) is 11.8 Å². The maximum Gasteiger partial charge on any atom is 0.306 e. The third-order valence-electron chi connectivity index (χ3n) is 4.07. The van der Waals surface area contributed by atoms with Crippen molar-refractivity contribution in [2.24, 2.45) is 5.92 Å². The molecule has 0 saturated carbocycles. The number of nitrogens with zero attached hydrogens (tertiary/aromatic N) is 1. The van der Waals surface area contributed by atoms with Crippen LogP contribution in [-0.4, -0.2) is 29.4 Å². The SMILES string of the molecule is CCOc1ccc(C(=O)NC(C(=O)Nc2ccc(F)c([N+](=O)[O-])c2)C(C)C)cc1. The van der Waals surface area contributed by atoms with E-state index in [-0.39, 0.29) is 11.6 Å². The van der Waals surface area contributed by atoms with E-state index in [9.17, 15) is 24.1 Å². The van der Waals surface area contributed by atoms with Crippen LogP contribution in [0.3, 0.4) is 0 Å². The van der Waals surface area contributed by atoms with Crippen LogP contribution >= 0.6 is 0 Å². The van der Waals surface area contributed by atoms with E-state index in [1.54, 1.807) is 38.1 Å². The smallest absolute Gasteiger partial charge is 0.306 e. The number of carbonyl (C=O) groups excluding carboxylic acids is 2. The molecule has 0 aliphatic heterocycles. The summed E-state index contributed by atoms with van der Waals surface area (Å²) in [6.07, 6.45) is 0. The van der Waals surface area contributed by atoms with Gasteiger partial charge in [0.15, 0.2) is 0 Å². The zero-order valence-electron chi connectivity index (χ0n) is 16.3. The Morgan fingerprint density at radius 3 is 2.38 bits per heavy atom. The van der Waals surface area contributed by atoms with Gasteiger partial charge in [0, 0.05) is 17.3 Å². The van der Waals surface area contributed by atoms with Crippen molar-refractivity contribution in [3.63, 3.8) is 0 Å². The normalized spacial score (nSPS) is 11.6. The Morgan fingerprint density at radius 1 is 1.17 bits per heavy atom. The second-order valence-corrected chi connectivity index (χ2v) is 6.57. The first-order chi connectivity index (χ1) is 13.7. The molecular formula is C20H22FN3O5. The minimum atomic E-state index is -1.00. The van der Waals surface area contributed by atoms with E-state index in [2.05, 4.69) is 10.6 Å². The van der Waals surface area contributed by atoms with Crippen molar-refractivity contribution in [1.82, 2.24) is 5.32 Å². The highest BCUT2D eigenvalue weighted by Crippen LogP contribution is 2.22. The molecule has 1 atom stereocenters. The van der Waals surface area contributed by atoms with Crippen LogP contribution in [-0.2, 0) is 4.79 Å². The highest BCUT2D eigenvalue weighted by atomic mass is 19.1. The van der Waals surface area contributed by atoms with Gasteiger partial charge in [-0.2, -0.15) is 4.39 Å². The second-order valence-electron chi connectivity index (χ2n) is 6.57. The lowest BCUT2D eigenvalue weighted by Gasteiger charge is -2.22. The summed E-state index contributed by atoms with van der Waals surface area (Å²) in [4.78, 5) is 35.1. The van der Waals surface area contributed by atoms with Crippen molar-refractivity contribution < 1.29 is 23.6 Å². The highest BCUT2D eigenvalue weighted by Gasteiger charge is 2.25. The number of ether oxygens (including phenoxy) is 1. The molecule has 2 amide bonds. The van der Waals surface area contributed by atoms with Crippen molar-refractivity contribution in [1.29, 1.82) is 0 Å². The summed E-state index contributed by atoms with van der Waals surface area (Å²) in [5.41, 5.74) is -0.337. The maximum atomic E-state index is 13.5. The maximum absolute atomic E-state index is 13.5. The molecule has 0 heterocycles. The lowest BCUT2D eigenvalue weighted by atomic mass is 10.0. The van der Waals surface area contributed by atoms with Crippen molar-refractivity contribution in [2.75, 3.05) is 11.9 Å². The number of rotatable bonds is 8. The molecule has 0 aliphatic carbocycles. The molecule has 0 fully saturated rings. The summed E-state index contributed by atoms with van der Waals surface area (Å²) < 4.78 is 18.8. The van der Waals surface area contributed by atoms with E-state index in [0.717, 1.165) is 12.1 Å². The third-order valence-corrected chi connectivity index (χ3v) is 4.07. The fraction of sp³-hybridized carbons (Fsp3) is 0.300. The summed E-state index contributed by atoms with van der Waals surface area (Å²) in [5.74, 6) is -1.67. The number of hydrogen-bond acceptors (Lipinski definition) is 5. The van der Waals surface area contributed by atoms with Gasteiger partial charge in [-0.25, -0.2) is 0 Å². The molecule has 8 nitrogen and oxygen atoms in total. The molecular weight excluding hydrogens is 381 g/mol. The number of anilines is 1. The van der Waals surface area contributed by atoms with Gasteiger partial charge in [0.2, 0.25) is 11.7 Å². The zero-order chi connectivity index (χ0) is 21.6. The van der Waals surface area contributed by atoms with Crippen LogP contribution in [0.1, 0.15) is 31.1 Å². The predicted molar refractivity (Wildman–Crippen MR) is 105 cm³/mol. The molecule has 0 saturated heterocycles. The Kier molecular flexibility index (Phi) is 7.24. The van der Waals surface area contributed by atoms with Crippen molar-refractivity contribution in [2.45, 2.75) is 26.8 Å². The van der Waals surface area contributed by atoms with E-state index >= 15 is 0 Å². The van der Waals surface area contributed by atoms with Gasteiger partial charge in [0.25, 0.3) is 5.91 Å². The van der Waals surface area contributed by atoms with Crippen LogP contribution in [0.2, 0.25) is 0 Å². The van der Waals surface area contributed by atoms with Crippen molar-refractivity contribution in [3.8, 4) is 5.75 Å². The molecule has 2 rings (SSSR count). The van der Waals surface area contributed by atoms with Gasteiger partial charge >= 0.3 is 5.69 Å². The minimum absolute atomic E-state index is 0.0593. The van der Waals surface area contributed by atoms with Crippen molar-refractivity contribution in [3.05, 3.63) is 64.0 Å². The van der Waals surface area contributed by atoms with E-state index in [4.69, 9.17) is 4.74 Å². The average molecular weight is 403 g/mol. The number of hydrogen-bond donors (Lipinski definition) is 2. The first kappa shape index (κ1) is 21.8. The molecule has 0 radical (unpaired) electrons. The van der Waals surface area contributed by atoms with Gasteiger partial charge < -0.3 is 15.4 Å². The summed E-state index contributed by atoms with van der Waals surface area (Å²) in [7, 11) is 0. The first-order valence-corrected chi connectivity index (χ1v) is 9.01. The fourth-order valence-corrected chi connectivity index (χ4v) is 2.58. The van der Waals surface area contributed by atoms with Gasteiger partial charge in [-0.15, -0.1) is 0 Å². The molecule has 1 unspecified atom stereocenters. The van der Waals surface area contributed by atoms with Crippen LogP contribution in [0, 0.1) is 21.8 Å². The number of nitrogens with one attached hydrogen (secondary N) is 2. The first-order valence-electron chi connectivity index (χ1n) is 9.01. The number of halogens is 1.